The van der Waals surface area contributed by atoms with Gasteiger partial charge < -0.3 is 42.6 Å². The highest BCUT2D eigenvalue weighted by Gasteiger charge is 2.25. The van der Waals surface area contributed by atoms with Gasteiger partial charge in [-0.3, -0.25) is 19.7 Å². The predicted octanol–water partition coefficient (Wildman–Crippen LogP) is 2.62. The first-order valence-electron chi connectivity index (χ1n) is 13.6. The monoisotopic (exact) mass is 589 g/mol. The third kappa shape index (κ3) is 19.1. The zero-order valence-corrected chi connectivity index (χ0v) is 24.0. The van der Waals surface area contributed by atoms with Crippen molar-refractivity contribution < 1.29 is 57.1 Å². The van der Waals surface area contributed by atoms with E-state index in [1.165, 1.54) is 25.3 Å². The second-order valence-corrected chi connectivity index (χ2v) is 8.28. The van der Waals surface area contributed by atoms with Gasteiger partial charge in [0.25, 0.3) is 5.69 Å². The molecule has 14 nitrogen and oxygen atoms in total. The standard InChI is InChI=1S/C27H43NO13/c1-3-10-34-13-15-36-17-18-38-20-22-40-27(23-6-4-5-7-24(23)28(31)32)41-26(30)9-12-35-14-16-37-19-21-39-25(29)8-11-33-2/h4-7,27H,3,8-22H2,1-2H3. The molecule has 0 fully saturated rings. The number of para-hydroxylation sites is 1. The van der Waals surface area contributed by atoms with Crippen LogP contribution in [-0.4, -0.2) is 110 Å². The minimum absolute atomic E-state index is 0.0269. The minimum Gasteiger partial charge on any atom is -0.463 e. The van der Waals surface area contributed by atoms with Gasteiger partial charge in [0.2, 0.25) is 6.29 Å². The zero-order valence-electron chi connectivity index (χ0n) is 24.0. The number of nitro benzene ring substituents is 1. The van der Waals surface area contributed by atoms with E-state index in [1.807, 2.05) is 6.92 Å². The molecule has 0 saturated carbocycles. The van der Waals surface area contributed by atoms with Crippen molar-refractivity contribution in [2.45, 2.75) is 32.5 Å². The summed E-state index contributed by atoms with van der Waals surface area (Å²) in [5.74, 6) is -1.02. The molecule has 1 aromatic carbocycles. The van der Waals surface area contributed by atoms with Crippen LogP contribution in [0.2, 0.25) is 0 Å². The van der Waals surface area contributed by atoms with Crippen LogP contribution >= 0.6 is 0 Å². The Bertz CT molecular complexity index is 839. The third-order valence-electron chi connectivity index (χ3n) is 5.04. The van der Waals surface area contributed by atoms with Gasteiger partial charge in [0.15, 0.2) is 0 Å². The topological polar surface area (TPSA) is 160 Å². The first-order valence-corrected chi connectivity index (χ1v) is 13.6. The first kappa shape index (κ1) is 36.3. The number of nitro groups is 1. The van der Waals surface area contributed by atoms with Crippen LogP contribution in [0.4, 0.5) is 5.69 Å². The summed E-state index contributed by atoms with van der Waals surface area (Å²) in [6, 6.07) is 5.88. The van der Waals surface area contributed by atoms with Gasteiger partial charge in [0.05, 0.1) is 96.0 Å². The molecular weight excluding hydrogens is 546 g/mol. The number of ether oxygens (including phenoxy) is 9. The fraction of sp³-hybridized carbons (Fsp3) is 0.704. The average molecular weight is 590 g/mol. The number of hydrogen-bond donors (Lipinski definition) is 0. The van der Waals surface area contributed by atoms with Gasteiger partial charge in [0, 0.05) is 19.8 Å². The van der Waals surface area contributed by atoms with Crippen LogP contribution in [0.1, 0.15) is 38.0 Å². The second-order valence-electron chi connectivity index (χ2n) is 8.28. The molecule has 0 saturated heterocycles. The van der Waals surface area contributed by atoms with Crippen molar-refractivity contribution in [3.05, 3.63) is 39.9 Å². The summed E-state index contributed by atoms with van der Waals surface area (Å²) in [7, 11) is 1.50. The molecule has 0 radical (unpaired) electrons. The predicted molar refractivity (Wildman–Crippen MR) is 144 cm³/mol. The van der Waals surface area contributed by atoms with Crippen molar-refractivity contribution in [1.29, 1.82) is 0 Å². The van der Waals surface area contributed by atoms with Gasteiger partial charge in [0.1, 0.15) is 6.61 Å². The number of methoxy groups -OCH3 is 1. The van der Waals surface area contributed by atoms with E-state index in [4.69, 9.17) is 42.6 Å². The van der Waals surface area contributed by atoms with Crippen LogP contribution in [0.3, 0.4) is 0 Å². The maximum Gasteiger partial charge on any atom is 0.310 e. The molecule has 0 aliphatic rings. The molecular formula is C27H43NO13. The van der Waals surface area contributed by atoms with Gasteiger partial charge in [-0.05, 0) is 12.5 Å². The number of nitrogens with zero attached hydrogens (tertiary/aromatic N) is 1. The molecule has 0 aliphatic carbocycles. The Balaban J connectivity index is 2.33. The molecule has 234 valence electrons. The summed E-state index contributed by atoms with van der Waals surface area (Å²) in [6.45, 7) is 5.75. The lowest BCUT2D eigenvalue weighted by Gasteiger charge is -2.19. The Morgan fingerprint density at radius 1 is 0.732 bits per heavy atom. The van der Waals surface area contributed by atoms with Gasteiger partial charge in [-0.25, -0.2) is 0 Å². The van der Waals surface area contributed by atoms with E-state index < -0.39 is 17.2 Å². The fourth-order valence-corrected chi connectivity index (χ4v) is 3.07. The summed E-state index contributed by atoms with van der Waals surface area (Å²) in [5, 5.41) is 11.5. The maximum absolute atomic E-state index is 12.4. The molecule has 1 atom stereocenters. The van der Waals surface area contributed by atoms with Crippen LogP contribution in [0.5, 0.6) is 0 Å². The van der Waals surface area contributed by atoms with E-state index in [-0.39, 0.29) is 76.3 Å². The van der Waals surface area contributed by atoms with Gasteiger partial charge in [-0.2, -0.15) is 0 Å². The Kier molecular flexibility index (Phi) is 22.2. The molecule has 0 heterocycles. The summed E-state index contributed by atoms with van der Waals surface area (Å²) < 4.78 is 47.6. The minimum atomic E-state index is -1.30. The van der Waals surface area contributed by atoms with Crippen molar-refractivity contribution in [3.8, 4) is 0 Å². The molecule has 0 bridgehead atoms. The largest absolute Gasteiger partial charge is 0.463 e. The van der Waals surface area contributed by atoms with Crippen molar-refractivity contribution in [3.63, 3.8) is 0 Å². The zero-order chi connectivity index (χ0) is 30.0. The van der Waals surface area contributed by atoms with E-state index in [0.717, 1.165) is 6.42 Å². The number of carbonyl (C=O) groups excluding carboxylic acids is 2. The van der Waals surface area contributed by atoms with Crippen LogP contribution in [0.15, 0.2) is 24.3 Å². The van der Waals surface area contributed by atoms with Gasteiger partial charge in [-0.1, -0.05) is 19.1 Å². The Morgan fingerprint density at radius 3 is 1.88 bits per heavy atom. The third-order valence-corrected chi connectivity index (χ3v) is 5.04. The Morgan fingerprint density at radius 2 is 1.27 bits per heavy atom. The van der Waals surface area contributed by atoms with E-state index in [9.17, 15) is 19.7 Å². The molecule has 0 aliphatic heterocycles. The van der Waals surface area contributed by atoms with E-state index >= 15 is 0 Å². The molecule has 0 aromatic heterocycles. The fourth-order valence-electron chi connectivity index (χ4n) is 3.07. The second kappa shape index (κ2) is 25.0. The SMILES string of the molecule is CCCOCCOCCOCCOC(OC(=O)CCOCCOCCOC(=O)CCOC)c1ccccc1[N+](=O)[O-]. The summed E-state index contributed by atoms with van der Waals surface area (Å²) in [6.07, 6.45) is -0.270. The number of carbonyl (C=O) groups is 2. The van der Waals surface area contributed by atoms with Crippen LogP contribution in [0.25, 0.3) is 0 Å². The molecule has 0 amide bonds. The number of benzene rings is 1. The lowest BCUT2D eigenvalue weighted by Crippen LogP contribution is -2.20. The molecule has 0 spiro atoms. The summed E-state index contributed by atoms with van der Waals surface area (Å²) in [5.41, 5.74) is -0.124. The molecule has 1 aromatic rings. The normalized spacial score (nSPS) is 11.8. The van der Waals surface area contributed by atoms with Crippen LogP contribution < -0.4 is 0 Å². The van der Waals surface area contributed by atoms with Gasteiger partial charge >= 0.3 is 11.9 Å². The lowest BCUT2D eigenvalue weighted by molar-refractivity contribution is -0.387. The smallest absolute Gasteiger partial charge is 0.310 e. The summed E-state index contributed by atoms with van der Waals surface area (Å²) >= 11 is 0. The number of hydrogen-bond acceptors (Lipinski definition) is 13. The van der Waals surface area contributed by atoms with Crippen LogP contribution in [0, 0.1) is 10.1 Å². The lowest BCUT2D eigenvalue weighted by atomic mass is 10.1. The van der Waals surface area contributed by atoms with E-state index in [2.05, 4.69) is 0 Å². The average Bonchev–Trinajstić information content (AvgIpc) is 2.97. The van der Waals surface area contributed by atoms with Crippen molar-refractivity contribution >= 4 is 17.6 Å². The molecule has 0 N–H and O–H groups in total. The number of rotatable bonds is 27. The molecule has 41 heavy (non-hydrogen) atoms. The van der Waals surface area contributed by atoms with Crippen molar-refractivity contribution in [2.75, 3.05) is 93.0 Å². The van der Waals surface area contributed by atoms with Crippen molar-refractivity contribution in [2.24, 2.45) is 0 Å². The van der Waals surface area contributed by atoms with E-state index in [1.54, 1.807) is 6.07 Å². The molecule has 1 rings (SSSR count). The molecule has 1 unspecified atom stereocenters. The Labute approximate surface area is 240 Å². The highest BCUT2D eigenvalue weighted by molar-refractivity contribution is 5.70. The first-order chi connectivity index (χ1) is 20.0. The quantitative estimate of drug-likeness (QED) is 0.0485. The summed E-state index contributed by atoms with van der Waals surface area (Å²) in [4.78, 5) is 34.7. The Hall–Kier alpha value is -2.72. The van der Waals surface area contributed by atoms with E-state index in [0.29, 0.717) is 39.6 Å². The van der Waals surface area contributed by atoms with Crippen molar-refractivity contribution in [1.82, 2.24) is 0 Å². The highest BCUT2D eigenvalue weighted by Crippen LogP contribution is 2.28. The van der Waals surface area contributed by atoms with Gasteiger partial charge in [-0.15, -0.1) is 0 Å². The molecule has 14 heteroatoms. The maximum atomic E-state index is 12.4. The highest BCUT2D eigenvalue weighted by atomic mass is 16.7. The van der Waals surface area contributed by atoms with Crippen LogP contribution in [-0.2, 0) is 52.2 Å². The number of esters is 2.